The zero-order chi connectivity index (χ0) is 15.4. The molecule has 0 aliphatic heterocycles. The Balaban J connectivity index is 2.50. The van der Waals surface area contributed by atoms with Crippen LogP contribution in [0.15, 0.2) is 30.5 Å². The normalized spacial score (nSPS) is 10.4. The van der Waals surface area contributed by atoms with Crippen molar-refractivity contribution in [2.45, 2.75) is 26.7 Å². The maximum absolute atomic E-state index is 11.3. The van der Waals surface area contributed by atoms with Crippen molar-refractivity contribution in [2.75, 3.05) is 11.1 Å². The number of carbonyl (C=O) groups is 1. The Morgan fingerprint density at radius 3 is 2.43 bits per heavy atom. The molecule has 4 N–H and O–H groups in total. The molecular weight excluding hydrogens is 266 g/mol. The molecule has 1 heterocycles. The highest BCUT2D eigenvalue weighted by atomic mass is 16.4. The fraction of sp³-hybridized carbons (Fsp3) is 0.250. The van der Waals surface area contributed by atoms with Crippen LogP contribution in [0.25, 0.3) is 0 Å². The lowest BCUT2D eigenvalue weighted by Gasteiger charge is -2.16. The van der Waals surface area contributed by atoms with E-state index in [2.05, 4.69) is 24.1 Å². The van der Waals surface area contributed by atoms with E-state index in [-0.39, 0.29) is 5.56 Å². The number of aryl methyl sites for hydroxylation is 2. The predicted octanol–water partition coefficient (Wildman–Crippen LogP) is 3.23. The number of carboxylic acid groups (broad SMARTS) is 1. The topological polar surface area (TPSA) is 88.2 Å². The number of nitrogens with zero attached hydrogens (tertiary/aromatic N) is 1. The van der Waals surface area contributed by atoms with Crippen molar-refractivity contribution in [3.05, 3.63) is 47.2 Å². The molecule has 21 heavy (non-hydrogen) atoms. The van der Waals surface area contributed by atoms with Gasteiger partial charge in [0.05, 0.1) is 11.9 Å². The van der Waals surface area contributed by atoms with Gasteiger partial charge in [-0.05, 0) is 30.0 Å². The van der Waals surface area contributed by atoms with Crippen LogP contribution in [-0.2, 0) is 12.8 Å². The molecule has 2 aromatic rings. The quantitative estimate of drug-likeness (QED) is 0.785. The third-order valence-corrected chi connectivity index (χ3v) is 3.38. The van der Waals surface area contributed by atoms with Crippen molar-refractivity contribution >= 4 is 23.2 Å². The van der Waals surface area contributed by atoms with E-state index in [0.29, 0.717) is 11.5 Å². The van der Waals surface area contributed by atoms with E-state index in [1.54, 1.807) is 0 Å². The van der Waals surface area contributed by atoms with Gasteiger partial charge in [-0.25, -0.2) is 9.78 Å². The number of anilines is 3. The van der Waals surface area contributed by atoms with Crippen LogP contribution in [0.3, 0.4) is 0 Å². The summed E-state index contributed by atoms with van der Waals surface area (Å²) in [4.78, 5) is 15.5. The molecule has 5 heteroatoms. The highest BCUT2D eigenvalue weighted by Gasteiger charge is 2.15. The fourth-order valence-electron chi connectivity index (χ4n) is 2.27. The van der Waals surface area contributed by atoms with Gasteiger partial charge >= 0.3 is 5.97 Å². The predicted molar refractivity (Wildman–Crippen MR) is 84.1 cm³/mol. The molecule has 0 aliphatic carbocycles. The van der Waals surface area contributed by atoms with Gasteiger partial charge in [0.1, 0.15) is 11.4 Å². The Bertz CT molecular complexity index is 646. The number of carboxylic acids is 1. The highest BCUT2D eigenvalue weighted by molar-refractivity contribution is 5.95. The first-order chi connectivity index (χ1) is 10.1. The number of rotatable bonds is 5. The van der Waals surface area contributed by atoms with Crippen LogP contribution in [0.2, 0.25) is 0 Å². The van der Waals surface area contributed by atoms with E-state index in [0.717, 1.165) is 29.7 Å². The molecule has 1 aromatic carbocycles. The number of hydrogen-bond donors (Lipinski definition) is 3. The van der Waals surface area contributed by atoms with Crippen LogP contribution in [0, 0.1) is 0 Å². The minimum Gasteiger partial charge on any atom is -0.478 e. The molecule has 0 fully saturated rings. The van der Waals surface area contributed by atoms with Gasteiger partial charge in [-0.15, -0.1) is 0 Å². The van der Waals surface area contributed by atoms with Gasteiger partial charge in [0.15, 0.2) is 0 Å². The zero-order valence-electron chi connectivity index (χ0n) is 12.2. The van der Waals surface area contributed by atoms with Crippen LogP contribution in [0.5, 0.6) is 0 Å². The molecule has 0 amide bonds. The Kier molecular flexibility index (Phi) is 4.42. The zero-order valence-corrected chi connectivity index (χ0v) is 12.2. The van der Waals surface area contributed by atoms with Crippen LogP contribution in [0.4, 0.5) is 17.2 Å². The van der Waals surface area contributed by atoms with Crippen molar-refractivity contribution in [3.8, 4) is 0 Å². The molecule has 110 valence electrons. The largest absolute Gasteiger partial charge is 0.478 e. The lowest BCUT2D eigenvalue weighted by Crippen LogP contribution is -2.08. The second-order valence-electron chi connectivity index (χ2n) is 4.75. The van der Waals surface area contributed by atoms with Crippen LogP contribution >= 0.6 is 0 Å². The molecule has 0 saturated heterocycles. The van der Waals surface area contributed by atoms with Crippen LogP contribution in [-0.4, -0.2) is 16.1 Å². The molecule has 0 radical (unpaired) electrons. The van der Waals surface area contributed by atoms with Gasteiger partial charge in [0, 0.05) is 5.69 Å². The Morgan fingerprint density at radius 1 is 1.29 bits per heavy atom. The summed E-state index contributed by atoms with van der Waals surface area (Å²) in [6.45, 7) is 4.13. The van der Waals surface area contributed by atoms with E-state index in [4.69, 9.17) is 5.73 Å². The Hall–Kier alpha value is -2.56. The summed E-state index contributed by atoms with van der Waals surface area (Å²) in [7, 11) is 0. The molecule has 5 nitrogen and oxygen atoms in total. The van der Waals surface area contributed by atoms with Crippen molar-refractivity contribution in [1.29, 1.82) is 0 Å². The standard InChI is InChI=1S/C16H19N3O2/c1-3-10-6-5-7-11(4-2)14(10)19-15-13(16(20)21)8-12(17)9-18-15/h5-9H,3-4,17H2,1-2H3,(H,18,19)(H,20,21). The Morgan fingerprint density at radius 2 is 1.90 bits per heavy atom. The van der Waals surface area contributed by atoms with Crippen LogP contribution < -0.4 is 11.1 Å². The van der Waals surface area contributed by atoms with E-state index in [1.807, 2.05) is 18.2 Å². The lowest BCUT2D eigenvalue weighted by molar-refractivity contribution is 0.0697. The molecule has 0 bridgehead atoms. The number of para-hydroxylation sites is 1. The lowest BCUT2D eigenvalue weighted by atomic mass is 10.0. The van der Waals surface area contributed by atoms with Gasteiger partial charge in [0.2, 0.25) is 0 Å². The first-order valence-electron chi connectivity index (χ1n) is 6.93. The van der Waals surface area contributed by atoms with Crippen molar-refractivity contribution < 1.29 is 9.90 Å². The minimum atomic E-state index is -1.05. The van der Waals surface area contributed by atoms with E-state index >= 15 is 0 Å². The number of aromatic nitrogens is 1. The number of nitrogen functional groups attached to an aromatic ring is 1. The molecule has 2 rings (SSSR count). The van der Waals surface area contributed by atoms with E-state index in [9.17, 15) is 9.90 Å². The molecular formula is C16H19N3O2. The first kappa shape index (κ1) is 14.8. The molecule has 0 spiro atoms. The molecule has 0 aliphatic rings. The summed E-state index contributed by atoms with van der Waals surface area (Å²) in [6, 6.07) is 7.48. The van der Waals surface area contributed by atoms with E-state index < -0.39 is 5.97 Å². The van der Waals surface area contributed by atoms with Crippen LogP contribution in [0.1, 0.15) is 35.3 Å². The highest BCUT2D eigenvalue weighted by Crippen LogP contribution is 2.27. The van der Waals surface area contributed by atoms with Gasteiger partial charge in [-0.1, -0.05) is 32.0 Å². The van der Waals surface area contributed by atoms with Gasteiger partial charge < -0.3 is 16.2 Å². The summed E-state index contributed by atoms with van der Waals surface area (Å²) < 4.78 is 0. The maximum atomic E-state index is 11.3. The number of aromatic carboxylic acids is 1. The first-order valence-corrected chi connectivity index (χ1v) is 6.93. The summed E-state index contributed by atoms with van der Waals surface area (Å²) >= 11 is 0. The monoisotopic (exact) mass is 285 g/mol. The number of hydrogen-bond acceptors (Lipinski definition) is 4. The number of nitrogens with one attached hydrogen (secondary N) is 1. The Labute approximate surface area is 123 Å². The smallest absolute Gasteiger partial charge is 0.339 e. The average Bonchev–Trinajstić information content (AvgIpc) is 2.48. The third kappa shape index (κ3) is 3.13. The molecule has 1 aromatic heterocycles. The number of nitrogens with two attached hydrogens (primary N) is 1. The summed E-state index contributed by atoms with van der Waals surface area (Å²) in [6.07, 6.45) is 3.16. The second-order valence-corrected chi connectivity index (χ2v) is 4.75. The molecule has 0 saturated carbocycles. The summed E-state index contributed by atoms with van der Waals surface area (Å²) in [5.41, 5.74) is 9.21. The number of benzene rings is 1. The average molecular weight is 285 g/mol. The minimum absolute atomic E-state index is 0.0722. The van der Waals surface area contributed by atoms with Crippen molar-refractivity contribution in [3.63, 3.8) is 0 Å². The molecule has 0 atom stereocenters. The second kappa shape index (κ2) is 6.26. The van der Waals surface area contributed by atoms with Crippen molar-refractivity contribution in [1.82, 2.24) is 4.98 Å². The summed E-state index contributed by atoms with van der Waals surface area (Å²) in [5, 5.41) is 12.5. The van der Waals surface area contributed by atoms with E-state index in [1.165, 1.54) is 12.3 Å². The third-order valence-electron chi connectivity index (χ3n) is 3.38. The van der Waals surface area contributed by atoms with Gasteiger partial charge in [-0.2, -0.15) is 0 Å². The van der Waals surface area contributed by atoms with Gasteiger partial charge in [-0.3, -0.25) is 0 Å². The fourth-order valence-corrected chi connectivity index (χ4v) is 2.27. The van der Waals surface area contributed by atoms with Crippen molar-refractivity contribution in [2.24, 2.45) is 0 Å². The summed E-state index contributed by atoms with van der Waals surface area (Å²) in [5.74, 6) is -0.739. The number of pyridine rings is 1. The SMILES string of the molecule is CCc1cccc(CC)c1Nc1ncc(N)cc1C(=O)O. The van der Waals surface area contributed by atoms with Gasteiger partial charge in [0.25, 0.3) is 0 Å². The maximum Gasteiger partial charge on any atom is 0.339 e. The molecule has 0 unspecified atom stereocenters.